The van der Waals surface area contributed by atoms with Gasteiger partial charge in [0.2, 0.25) is 0 Å². The molecule has 0 saturated heterocycles. The smallest absolute Gasteiger partial charge is 0.323 e. The summed E-state index contributed by atoms with van der Waals surface area (Å²) in [6.07, 6.45) is -0.665. The molecule has 1 heterocycles. The van der Waals surface area contributed by atoms with Gasteiger partial charge in [0, 0.05) is 0 Å². The maximum atomic E-state index is 12.1. The fourth-order valence-electron chi connectivity index (χ4n) is 2.17. The van der Waals surface area contributed by atoms with Crippen LogP contribution in [0.15, 0.2) is 18.2 Å². The van der Waals surface area contributed by atoms with Crippen molar-refractivity contribution in [1.29, 1.82) is 0 Å². The number of carboxylic acids is 1. The number of aliphatic carboxylic acids is 1. The van der Waals surface area contributed by atoms with Crippen LogP contribution >= 0.6 is 0 Å². The summed E-state index contributed by atoms with van der Waals surface area (Å²) in [5, 5.41) is 8.99. The maximum absolute atomic E-state index is 12.1. The van der Waals surface area contributed by atoms with Crippen LogP contribution in [0, 0.1) is 0 Å². The average molecular weight is 277 g/mol. The van der Waals surface area contributed by atoms with Gasteiger partial charge in [-0.3, -0.25) is 14.5 Å². The van der Waals surface area contributed by atoms with Crippen LogP contribution in [0.25, 0.3) is 0 Å². The SMILES string of the molecule is CC1Oc2ccc(C(C)(C)C)cc2N(CC(=O)O)C1=O. The van der Waals surface area contributed by atoms with E-state index in [0.717, 1.165) is 5.56 Å². The van der Waals surface area contributed by atoms with Crippen molar-refractivity contribution in [1.82, 2.24) is 0 Å². The third-order valence-corrected chi connectivity index (χ3v) is 3.33. The van der Waals surface area contributed by atoms with Crippen LogP contribution in [-0.4, -0.2) is 29.6 Å². The number of rotatable bonds is 2. The van der Waals surface area contributed by atoms with Gasteiger partial charge in [0.1, 0.15) is 12.3 Å². The quantitative estimate of drug-likeness (QED) is 0.899. The molecule has 0 fully saturated rings. The van der Waals surface area contributed by atoms with E-state index in [1.807, 2.05) is 12.1 Å². The minimum Gasteiger partial charge on any atom is -0.480 e. The highest BCUT2D eigenvalue weighted by Crippen LogP contribution is 2.37. The van der Waals surface area contributed by atoms with E-state index < -0.39 is 12.1 Å². The summed E-state index contributed by atoms with van der Waals surface area (Å²) in [5.41, 5.74) is 1.47. The number of ether oxygens (including phenoxy) is 1. The fraction of sp³-hybridized carbons (Fsp3) is 0.467. The number of hydrogen-bond donors (Lipinski definition) is 1. The molecule has 1 N–H and O–H groups in total. The number of benzene rings is 1. The molecular weight excluding hydrogens is 258 g/mol. The molecule has 20 heavy (non-hydrogen) atoms. The predicted octanol–water partition coefficient (Wildman–Crippen LogP) is 2.18. The molecule has 1 amide bonds. The minimum absolute atomic E-state index is 0.0873. The molecule has 0 aromatic heterocycles. The van der Waals surface area contributed by atoms with Crippen LogP contribution in [0.1, 0.15) is 33.3 Å². The predicted molar refractivity (Wildman–Crippen MR) is 75.2 cm³/mol. The lowest BCUT2D eigenvalue weighted by Gasteiger charge is -2.33. The fourth-order valence-corrected chi connectivity index (χ4v) is 2.17. The molecule has 0 saturated carbocycles. The lowest BCUT2D eigenvalue weighted by atomic mass is 9.86. The van der Waals surface area contributed by atoms with E-state index in [-0.39, 0.29) is 17.9 Å². The van der Waals surface area contributed by atoms with E-state index in [0.29, 0.717) is 11.4 Å². The van der Waals surface area contributed by atoms with Gasteiger partial charge in [-0.05, 0) is 30.0 Å². The lowest BCUT2D eigenvalue weighted by molar-refractivity contribution is -0.137. The second-order valence-corrected chi connectivity index (χ2v) is 6.01. The average Bonchev–Trinajstić information content (AvgIpc) is 2.33. The molecule has 5 nitrogen and oxygen atoms in total. The van der Waals surface area contributed by atoms with Gasteiger partial charge >= 0.3 is 5.97 Å². The molecule has 1 aromatic carbocycles. The highest BCUT2D eigenvalue weighted by molar-refractivity contribution is 6.02. The Morgan fingerprint density at radius 1 is 1.40 bits per heavy atom. The minimum atomic E-state index is -1.04. The first-order valence-corrected chi connectivity index (χ1v) is 6.54. The maximum Gasteiger partial charge on any atom is 0.323 e. The zero-order valence-corrected chi connectivity index (χ0v) is 12.1. The van der Waals surface area contributed by atoms with Gasteiger partial charge in [-0.2, -0.15) is 0 Å². The van der Waals surface area contributed by atoms with Crippen LogP contribution in [0.4, 0.5) is 5.69 Å². The molecular formula is C15H19NO4. The highest BCUT2D eigenvalue weighted by Gasteiger charge is 2.33. The van der Waals surface area contributed by atoms with Gasteiger partial charge in [-0.1, -0.05) is 26.8 Å². The Bertz CT molecular complexity index is 559. The monoisotopic (exact) mass is 277 g/mol. The summed E-state index contributed by atoms with van der Waals surface area (Å²) >= 11 is 0. The van der Waals surface area contributed by atoms with Gasteiger partial charge in [0.15, 0.2) is 6.10 Å². The number of carboxylic acid groups (broad SMARTS) is 1. The van der Waals surface area contributed by atoms with E-state index in [9.17, 15) is 9.59 Å². The molecule has 108 valence electrons. The molecule has 1 aliphatic rings. The summed E-state index contributed by atoms with van der Waals surface area (Å²) in [6.45, 7) is 7.45. The second kappa shape index (κ2) is 4.81. The molecule has 1 aliphatic heterocycles. The summed E-state index contributed by atoms with van der Waals surface area (Å²) in [4.78, 5) is 24.4. The molecule has 0 aliphatic carbocycles. The molecule has 2 rings (SSSR count). The summed E-state index contributed by atoms with van der Waals surface area (Å²) in [7, 11) is 0. The van der Waals surface area contributed by atoms with E-state index in [1.165, 1.54) is 4.90 Å². The van der Waals surface area contributed by atoms with Crippen LogP contribution in [0.3, 0.4) is 0 Å². The van der Waals surface area contributed by atoms with Crippen LogP contribution in [0.5, 0.6) is 5.75 Å². The number of nitrogens with zero attached hydrogens (tertiary/aromatic N) is 1. The molecule has 0 spiro atoms. The van der Waals surface area contributed by atoms with Gasteiger partial charge in [-0.25, -0.2) is 0 Å². The zero-order valence-electron chi connectivity index (χ0n) is 12.1. The standard InChI is InChI=1S/C15H19NO4/c1-9-14(19)16(8-13(17)18)11-7-10(15(2,3)4)5-6-12(11)20-9/h5-7,9H,8H2,1-4H3,(H,17,18). The first-order chi connectivity index (χ1) is 9.20. The van der Waals surface area contributed by atoms with Crippen molar-refractivity contribution in [2.45, 2.75) is 39.2 Å². The summed E-state index contributed by atoms with van der Waals surface area (Å²) in [5.74, 6) is -0.822. The number of carbonyl (C=O) groups excluding carboxylic acids is 1. The third kappa shape index (κ3) is 2.61. The number of anilines is 1. The van der Waals surface area contributed by atoms with Crippen molar-refractivity contribution < 1.29 is 19.4 Å². The first-order valence-electron chi connectivity index (χ1n) is 6.54. The van der Waals surface area contributed by atoms with E-state index in [1.54, 1.807) is 13.0 Å². The normalized spacial score (nSPS) is 18.5. The van der Waals surface area contributed by atoms with E-state index in [4.69, 9.17) is 9.84 Å². The molecule has 0 radical (unpaired) electrons. The molecule has 1 atom stereocenters. The number of carbonyl (C=O) groups is 2. The van der Waals surface area contributed by atoms with Crippen molar-refractivity contribution >= 4 is 17.6 Å². The molecule has 0 bridgehead atoms. The molecule has 1 unspecified atom stereocenters. The second-order valence-electron chi connectivity index (χ2n) is 6.01. The Labute approximate surface area is 118 Å². The largest absolute Gasteiger partial charge is 0.480 e. The Morgan fingerprint density at radius 2 is 2.05 bits per heavy atom. The molecule has 5 heteroatoms. The third-order valence-electron chi connectivity index (χ3n) is 3.33. The highest BCUT2D eigenvalue weighted by atomic mass is 16.5. The Balaban J connectivity index is 2.51. The van der Waals surface area contributed by atoms with Crippen molar-refractivity contribution in [2.75, 3.05) is 11.4 Å². The number of amides is 1. The molecule has 1 aromatic rings. The van der Waals surface area contributed by atoms with Gasteiger partial charge in [0.05, 0.1) is 5.69 Å². The lowest BCUT2D eigenvalue weighted by Crippen LogP contribution is -2.46. The zero-order chi connectivity index (χ0) is 15.1. The van der Waals surface area contributed by atoms with Crippen LogP contribution in [0.2, 0.25) is 0 Å². The number of fused-ring (bicyclic) bond motifs is 1. The Morgan fingerprint density at radius 3 is 2.60 bits per heavy atom. The van der Waals surface area contributed by atoms with E-state index in [2.05, 4.69) is 20.8 Å². The van der Waals surface area contributed by atoms with Crippen molar-refractivity contribution in [3.63, 3.8) is 0 Å². The Hall–Kier alpha value is -2.04. The van der Waals surface area contributed by atoms with Crippen molar-refractivity contribution in [3.8, 4) is 5.75 Å². The number of hydrogen-bond acceptors (Lipinski definition) is 3. The topological polar surface area (TPSA) is 66.8 Å². The van der Waals surface area contributed by atoms with Crippen molar-refractivity contribution in [3.05, 3.63) is 23.8 Å². The summed E-state index contributed by atoms with van der Waals surface area (Å²) in [6, 6.07) is 5.58. The van der Waals surface area contributed by atoms with Gasteiger partial charge in [0.25, 0.3) is 5.91 Å². The van der Waals surface area contributed by atoms with Crippen LogP contribution < -0.4 is 9.64 Å². The van der Waals surface area contributed by atoms with E-state index >= 15 is 0 Å². The first kappa shape index (κ1) is 14.4. The van der Waals surface area contributed by atoms with Gasteiger partial charge < -0.3 is 9.84 Å². The van der Waals surface area contributed by atoms with Gasteiger partial charge in [-0.15, -0.1) is 0 Å². The Kier molecular flexibility index (Phi) is 3.46. The van der Waals surface area contributed by atoms with Crippen molar-refractivity contribution in [2.24, 2.45) is 0 Å². The summed E-state index contributed by atoms with van der Waals surface area (Å²) < 4.78 is 5.54. The van der Waals surface area contributed by atoms with Crippen LogP contribution in [-0.2, 0) is 15.0 Å².